The molecule has 0 aromatic rings. The van der Waals surface area contributed by atoms with Crippen LogP contribution >= 0.6 is 22.6 Å². The summed E-state index contributed by atoms with van der Waals surface area (Å²) < 4.78 is 5.93. The summed E-state index contributed by atoms with van der Waals surface area (Å²) in [5, 5.41) is 0. The maximum absolute atomic E-state index is 5.46. The second-order valence-electron chi connectivity index (χ2n) is 2.46. The van der Waals surface area contributed by atoms with E-state index in [9.17, 15) is 0 Å². The molecule has 0 bridgehead atoms. The van der Waals surface area contributed by atoms with Crippen LogP contribution in [0.15, 0.2) is 0 Å². The van der Waals surface area contributed by atoms with E-state index in [1.807, 2.05) is 0 Å². The largest absolute Gasteiger partial charge is 0.365 e. The van der Waals surface area contributed by atoms with Gasteiger partial charge in [-0.25, -0.2) is 0 Å². The normalized spacial score (nSPS) is 47.6. The highest BCUT2D eigenvalue weighted by Gasteiger charge is 2.26. The fourth-order valence-electron chi connectivity index (χ4n) is 0.907. The molecule has 2 heteroatoms. The van der Waals surface area contributed by atoms with Crippen LogP contribution in [0, 0.1) is 5.92 Å². The topological polar surface area (TPSA) is 9.23 Å². The monoisotopic (exact) mass is 226 g/mol. The molecule has 1 aliphatic heterocycles. The zero-order chi connectivity index (χ0) is 6.15. The van der Waals surface area contributed by atoms with Gasteiger partial charge in [-0.15, -0.1) is 0 Å². The molecule has 0 saturated carbocycles. The van der Waals surface area contributed by atoms with Crippen LogP contribution in [0.4, 0.5) is 0 Å². The van der Waals surface area contributed by atoms with Crippen LogP contribution in [0.25, 0.3) is 0 Å². The number of halogens is 1. The van der Waals surface area contributed by atoms with Crippen molar-refractivity contribution in [3.05, 3.63) is 0 Å². The Morgan fingerprint density at radius 1 is 1.50 bits per heavy atom. The first-order valence-electron chi connectivity index (χ1n) is 2.99. The van der Waals surface area contributed by atoms with Gasteiger partial charge in [-0.05, 0) is 19.3 Å². The summed E-state index contributed by atoms with van der Waals surface area (Å²) >= 11 is 2.34. The molecular weight excluding hydrogens is 215 g/mol. The summed E-state index contributed by atoms with van der Waals surface area (Å²) in [6.45, 7) is 4.38. The summed E-state index contributed by atoms with van der Waals surface area (Å²) in [5.41, 5.74) is 0. The van der Waals surface area contributed by atoms with Gasteiger partial charge < -0.3 is 4.74 Å². The molecular formula is C6H11IO. The van der Waals surface area contributed by atoms with Crippen molar-refractivity contribution in [2.75, 3.05) is 0 Å². The molecule has 1 rings (SSSR count). The third-order valence-electron chi connectivity index (χ3n) is 1.72. The third-order valence-corrected chi connectivity index (χ3v) is 2.52. The van der Waals surface area contributed by atoms with Crippen molar-refractivity contribution < 1.29 is 4.74 Å². The fraction of sp³-hybridized carbons (Fsp3) is 1.00. The standard InChI is InChI=1S/C6H11IO/c1-4-3-6(7)8-5(4)2/h4-6H,3H2,1-2H3. The van der Waals surface area contributed by atoms with Crippen molar-refractivity contribution >= 4 is 22.6 Å². The molecule has 3 atom stereocenters. The molecule has 0 amide bonds. The van der Waals surface area contributed by atoms with Crippen molar-refractivity contribution in [2.24, 2.45) is 5.92 Å². The lowest BCUT2D eigenvalue weighted by Gasteiger charge is -2.04. The highest BCUT2D eigenvalue weighted by molar-refractivity contribution is 14.1. The molecule has 0 radical (unpaired) electrons. The summed E-state index contributed by atoms with van der Waals surface area (Å²) in [4.78, 5) is 0. The van der Waals surface area contributed by atoms with Crippen LogP contribution in [-0.4, -0.2) is 10.2 Å². The van der Waals surface area contributed by atoms with E-state index in [2.05, 4.69) is 36.4 Å². The molecule has 0 aromatic carbocycles. The van der Waals surface area contributed by atoms with Gasteiger partial charge >= 0.3 is 0 Å². The number of hydrogen-bond acceptors (Lipinski definition) is 1. The molecule has 1 aliphatic rings. The van der Waals surface area contributed by atoms with Gasteiger partial charge in [0.15, 0.2) is 0 Å². The van der Waals surface area contributed by atoms with Gasteiger partial charge in [0.25, 0.3) is 0 Å². The predicted octanol–water partition coefficient (Wildman–Crippen LogP) is 2.19. The summed E-state index contributed by atoms with van der Waals surface area (Å²) in [6.07, 6.45) is 1.71. The molecule has 48 valence electrons. The Balaban J connectivity index is 2.39. The highest BCUT2D eigenvalue weighted by atomic mass is 127. The van der Waals surface area contributed by atoms with Crippen LogP contribution < -0.4 is 0 Å². The van der Waals surface area contributed by atoms with E-state index in [1.165, 1.54) is 6.42 Å². The van der Waals surface area contributed by atoms with Crippen LogP contribution in [0.3, 0.4) is 0 Å². The van der Waals surface area contributed by atoms with Gasteiger partial charge in [0.2, 0.25) is 0 Å². The zero-order valence-electron chi connectivity index (χ0n) is 5.23. The van der Waals surface area contributed by atoms with Gasteiger partial charge in [0.1, 0.15) is 4.11 Å². The van der Waals surface area contributed by atoms with Gasteiger partial charge in [-0.3, -0.25) is 0 Å². The SMILES string of the molecule is CC1CC(I)OC1C. The summed E-state index contributed by atoms with van der Waals surface area (Å²) in [5.74, 6) is 0.761. The lowest BCUT2D eigenvalue weighted by atomic mass is 10.1. The fourth-order valence-corrected chi connectivity index (χ4v) is 2.17. The average molecular weight is 226 g/mol. The molecule has 0 N–H and O–H groups in total. The Kier molecular flexibility index (Phi) is 2.14. The quantitative estimate of drug-likeness (QED) is 0.454. The van der Waals surface area contributed by atoms with Gasteiger partial charge in [0, 0.05) is 0 Å². The van der Waals surface area contributed by atoms with Crippen LogP contribution in [0.5, 0.6) is 0 Å². The Hall–Kier alpha value is 0.690. The van der Waals surface area contributed by atoms with Crippen LogP contribution in [0.1, 0.15) is 20.3 Å². The Labute approximate surface area is 63.9 Å². The van der Waals surface area contributed by atoms with Crippen molar-refractivity contribution in [3.8, 4) is 0 Å². The lowest BCUT2D eigenvalue weighted by Crippen LogP contribution is -2.06. The second kappa shape index (κ2) is 2.52. The highest BCUT2D eigenvalue weighted by Crippen LogP contribution is 2.28. The molecule has 0 spiro atoms. The van der Waals surface area contributed by atoms with E-state index in [4.69, 9.17) is 4.74 Å². The molecule has 1 nitrogen and oxygen atoms in total. The Bertz CT molecular complexity index is 74.6. The Morgan fingerprint density at radius 3 is 2.25 bits per heavy atom. The van der Waals surface area contributed by atoms with Crippen LogP contribution in [-0.2, 0) is 4.74 Å². The second-order valence-corrected chi connectivity index (χ2v) is 3.85. The third kappa shape index (κ3) is 1.35. The minimum Gasteiger partial charge on any atom is -0.365 e. The average Bonchev–Trinajstić information content (AvgIpc) is 1.85. The van der Waals surface area contributed by atoms with E-state index in [1.54, 1.807) is 0 Å². The maximum atomic E-state index is 5.46. The van der Waals surface area contributed by atoms with Crippen molar-refractivity contribution in [2.45, 2.75) is 30.5 Å². The van der Waals surface area contributed by atoms with E-state index in [-0.39, 0.29) is 0 Å². The number of rotatable bonds is 0. The van der Waals surface area contributed by atoms with Crippen LogP contribution in [0.2, 0.25) is 0 Å². The first-order valence-corrected chi connectivity index (χ1v) is 4.24. The first kappa shape index (κ1) is 6.81. The van der Waals surface area contributed by atoms with Crippen molar-refractivity contribution in [1.29, 1.82) is 0 Å². The molecule has 0 aromatic heterocycles. The number of alkyl halides is 1. The smallest absolute Gasteiger partial charge is 0.109 e. The zero-order valence-corrected chi connectivity index (χ0v) is 7.38. The molecule has 1 fully saturated rings. The van der Waals surface area contributed by atoms with E-state index >= 15 is 0 Å². The van der Waals surface area contributed by atoms with Crippen molar-refractivity contribution in [3.63, 3.8) is 0 Å². The number of hydrogen-bond donors (Lipinski definition) is 0. The maximum Gasteiger partial charge on any atom is 0.109 e. The number of ether oxygens (including phenoxy) is 1. The molecule has 1 heterocycles. The predicted molar refractivity (Wildman–Crippen MR) is 42.1 cm³/mol. The summed E-state index contributed by atoms with van der Waals surface area (Å²) in [7, 11) is 0. The molecule has 8 heavy (non-hydrogen) atoms. The minimum absolute atomic E-state index is 0.470. The lowest BCUT2D eigenvalue weighted by molar-refractivity contribution is 0.0999. The van der Waals surface area contributed by atoms with Gasteiger partial charge in [-0.2, -0.15) is 0 Å². The molecule has 0 aliphatic carbocycles. The van der Waals surface area contributed by atoms with Crippen molar-refractivity contribution in [1.82, 2.24) is 0 Å². The van der Waals surface area contributed by atoms with Gasteiger partial charge in [0.05, 0.1) is 6.10 Å². The first-order chi connectivity index (χ1) is 3.70. The summed E-state index contributed by atoms with van der Waals surface area (Å²) in [6, 6.07) is 0. The molecule has 1 saturated heterocycles. The van der Waals surface area contributed by atoms with E-state index in [0.717, 1.165) is 5.92 Å². The molecule has 3 unspecified atom stereocenters. The van der Waals surface area contributed by atoms with E-state index < -0.39 is 0 Å². The van der Waals surface area contributed by atoms with E-state index in [0.29, 0.717) is 10.2 Å². The van der Waals surface area contributed by atoms with Gasteiger partial charge in [-0.1, -0.05) is 29.5 Å². The Morgan fingerprint density at radius 2 is 2.12 bits per heavy atom. The minimum atomic E-state index is 0.470.